The molecular weight excluding hydrogens is 420 g/mol. The lowest BCUT2D eigenvalue weighted by Crippen LogP contribution is -2.30. The second-order valence-electron chi connectivity index (χ2n) is 9.27. The van der Waals surface area contributed by atoms with Crippen molar-refractivity contribution in [2.24, 2.45) is 17.8 Å². The molecule has 2 fully saturated rings. The average molecular weight is 449 g/mol. The highest BCUT2D eigenvalue weighted by atomic mass is 19.4. The van der Waals surface area contributed by atoms with Gasteiger partial charge < -0.3 is 4.74 Å². The maximum Gasteiger partial charge on any atom is 0.416 e. The molecule has 0 aliphatic heterocycles. The average Bonchev–Trinajstić information content (AvgIpc) is 2.78. The highest BCUT2D eigenvalue weighted by Crippen LogP contribution is 2.48. The SMILES string of the molecule is CC[C@H]1CC[C@@H]2CC(c3ccc(C(=O)Oc4ccc(C(F)(F)F)cc4)cc3F)CC[C@H]2C1. The number of alkyl halides is 3. The lowest BCUT2D eigenvalue weighted by Gasteiger charge is -2.42. The Bertz CT molecular complexity index is 951. The number of carbonyl (C=O) groups is 1. The number of carbonyl (C=O) groups excluding carboxylic acids is 1. The molecule has 0 N–H and O–H groups in total. The number of ether oxygens (including phenoxy) is 1. The number of fused-ring (bicyclic) bond motifs is 1. The topological polar surface area (TPSA) is 26.3 Å². The normalized spacial score (nSPS) is 25.8. The molecule has 4 atom stereocenters. The molecule has 0 heterocycles. The predicted molar refractivity (Wildman–Crippen MR) is 114 cm³/mol. The minimum atomic E-state index is -4.46. The highest BCUT2D eigenvalue weighted by Gasteiger charge is 2.36. The third kappa shape index (κ3) is 5.00. The fourth-order valence-electron chi connectivity index (χ4n) is 5.50. The summed E-state index contributed by atoms with van der Waals surface area (Å²) in [6, 6.07) is 8.25. The third-order valence-corrected chi connectivity index (χ3v) is 7.37. The van der Waals surface area contributed by atoms with E-state index in [2.05, 4.69) is 6.92 Å². The number of benzene rings is 2. The van der Waals surface area contributed by atoms with Crippen LogP contribution in [0.3, 0.4) is 0 Å². The van der Waals surface area contributed by atoms with Crippen molar-refractivity contribution in [1.29, 1.82) is 0 Å². The lowest BCUT2D eigenvalue weighted by molar-refractivity contribution is -0.137. The summed E-state index contributed by atoms with van der Waals surface area (Å²) >= 11 is 0. The molecule has 2 aliphatic rings. The van der Waals surface area contributed by atoms with E-state index in [4.69, 9.17) is 4.74 Å². The van der Waals surface area contributed by atoms with Gasteiger partial charge in [0, 0.05) is 0 Å². The Hall–Kier alpha value is -2.37. The second kappa shape index (κ2) is 9.24. The van der Waals surface area contributed by atoms with E-state index in [0.717, 1.165) is 55.4 Å². The van der Waals surface area contributed by atoms with Crippen LogP contribution in [0, 0.1) is 23.6 Å². The van der Waals surface area contributed by atoms with E-state index in [1.807, 2.05) is 0 Å². The molecule has 0 bridgehead atoms. The maximum atomic E-state index is 14.9. The second-order valence-corrected chi connectivity index (χ2v) is 9.27. The van der Waals surface area contributed by atoms with Gasteiger partial charge in [0.25, 0.3) is 0 Å². The molecule has 172 valence electrons. The molecule has 4 rings (SSSR count). The van der Waals surface area contributed by atoms with Crippen molar-refractivity contribution in [3.63, 3.8) is 0 Å². The summed E-state index contributed by atoms with van der Waals surface area (Å²) in [5.41, 5.74) is -0.138. The Morgan fingerprint density at radius 3 is 2.31 bits per heavy atom. The van der Waals surface area contributed by atoms with Crippen molar-refractivity contribution in [3.05, 3.63) is 65.0 Å². The zero-order valence-electron chi connectivity index (χ0n) is 18.1. The van der Waals surface area contributed by atoms with E-state index >= 15 is 0 Å². The molecule has 2 saturated carbocycles. The summed E-state index contributed by atoms with van der Waals surface area (Å²) < 4.78 is 58.0. The van der Waals surface area contributed by atoms with E-state index in [1.54, 1.807) is 12.1 Å². The van der Waals surface area contributed by atoms with Crippen molar-refractivity contribution < 1.29 is 27.1 Å². The Labute approximate surface area is 186 Å². The summed E-state index contributed by atoms with van der Waals surface area (Å²) in [4.78, 5) is 12.4. The molecule has 32 heavy (non-hydrogen) atoms. The Morgan fingerprint density at radius 1 is 0.969 bits per heavy atom. The van der Waals surface area contributed by atoms with E-state index in [0.29, 0.717) is 11.5 Å². The predicted octanol–water partition coefficient (Wildman–Crippen LogP) is 7.77. The number of esters is 1. The summed E-state index contributed by atoms with van der Waals surface area (Å²) in [6.45, 7) is 2.26. The minimum Gasteiger partial charge on any atom is -0.423 e. The number of halogens is 4. The van der Waals surface area contributed by atoms with Gasteiger partial charge in [-0.2, -0.15) is 13.2 Å². The zero-order valence-corrected chi connectivity index (χ0v) is 18.1. The van der Waals surface area contributed by atoms with Crippen molar-refractivity contribution >= 4 is 5.97 Å². The number of rotatable bonds is 4. The minimum absolute atomic E-state index is 0.0199. The largest absolute Gasteiger partial charge is 0.423 e. The molecule has 6 heteroatoms. The van der Waals surface area contributed by atoms with Gasteiger partial charge in [0.1, 0.15) is 11.6 Å². The zero-order chi connectivity index (χ0) is 22.9. The standard InChI is InChI=1S/C26H28F4O2/c1-2-16-3-4-18-14-19(6-5-17(18)13-16)23-12-7-20(15-24(23)27)25(31)32-22-10-8-21(9-11-22)26(28,29)30/h7-12,15-19H,2-6,13-14H2,1H3/t16-,17-,18+,19?/m0/s1. The van der Waals surface area contributed by atoms with Crippen LogP contribution in [0.4, 0.5) is 17.6 Å². The Morgan fingerprint density at radius 2 is 1.66 bits per heavy atom. The first-order valence-corrected chi connectivity index (χ1v) is 11.4. The number of hydrogen-bond acceptors (Lipinski definition) is 2. The molecule has 2 aliphatic carbocycles. The highest BCUT2D eigenvalue weighted by molar-refractivity contribution is 5.91. The summed E-state index contributed by atoms with van der Waals surface area (Å²) in [6.07, 6.45) is 3.65. The van der Waals surface area contributed by atoms with Gasteiger partial charge >= 0.3 is 12.1 Å². The molecule has 0 radical (unpaired) electrons. The van der Waals surface area contributed by atoms with Crippen molar-refractivity contribution in [3.8, 4) is 5.75 Å². The lowest BCUT2D eigenvalue weighted by atomic mass is 9.63. The smallest absolute Gasteiger partial charge is 0.416 e. The van der Waals surface area contributed by atoms with E-state index in [1.165, 1.54) is 31.7 Å². The van der Waals surface area contributed by atoms with Crippen LogP contribution < -0.4 is 4.74 Å². The Balaban J connectivity index is 1.40. The van der Waals surface area contributed by atoms with Crippen LogP contribution in [0.1, 0.15) is 79.3 Å². The van der Waals surface area contributed by atoms with Crippen LogP contribution in [0.2, 0.25) is 0 Å². The first-order chi connectivity index (χ1) is 15.2. The first kappa shape index (κ1) is 22.8. The van der Waals surface area contributed by atoms with Gasteiger partial charge in [0.15, 0.2) is 0 Å². The molecule has 0 saturated heterocycles. The summed E-state index contributed by atoms with van der Waals surface area (Å²) in [5, 5.41) is 0. The molecule has 0 amide bonds. The Kier molecular flexibility index (Phi) is 6.59. The summed E-state index contributed by atoms with van der Waals surface area (Å²) in [7, 11) is 0. The molecular formula is C26H28F4O2. The molecule has 1 unspecified atom stereocenters. The van der Waals surface area contributed by atoms with Crippen molar-refractivity contribution in [2.45, 2.75) is 64.0 Å². The first-order valence-electron chi connectivity index (χ1n) is 11.4. The van der Waals surface area contributed by atoms with E-state index in [9.17, 15) is 22.4 Å². The number of hydrogen-bond donors (Lipinski definition) is 0. The van der Waals surface area contributed by atoms with Crippen LogP contribution >= 0.6 is 0 Å². The molecule has 2 aromatic carbocycles. The van der Waals surface area contributed by atoms with Gasteiger partial charge in [-0.1, -0.05) is 25.8 Å². The fraction of sp³-hybridized carbons (Fsp3) is 0.500. The van der Waals surface area contributed by atoms with Gasteiger partial charge in [-0.15, -0.1) is 0 Å². The van der Waals surface area contributed by atoms with Gasteiger partial charge in [-0.25, -0.2) is 9.18 Å². The van der Waals surface area contributed by atoms with E-state index in [-0.39, 0.29) is 17.2 Å². The van der Waals surface area contributed by atoms with Crippen LogP contribution in [0.15, 0.2) is 42.5 Å². The monoisotopic (exact) mass is 448 g/mol. The van der Waals surface area contributed by atoms with Crippen LogP contribution in [0.25, 0.3) is 0 Å². The molecule has 0 aromatic heterocycles. The van der Waals surface area contributed by atoms with Crippen molar-refractivity contribution in [2.75, 3.05) is 0 Å². The van der Waals surface area contributed by atoms with Gasteiger partial charge in [0.05, 0.1) is 11.1 Å². The van der Waals surface area contributed by atoms with E-state index < -0.39 is 23.5 Å². The third-order valence-electron chi connectivity index (χ3n) is 7.37. The molecule has 0 spiro atoms. The fourth-order valence-corrected chi connectivity index (χ4v) is 5.50. The van der Waals surface area contributed by atoms with Crippen LogP contribution in [0.5, 0.6) is 5.75 Å². The molecule has 2 nitrogen and oxygen atoms in total. The molecule has 2 aromatic rings. The van der Waals surface area contributed by atoms with Gasteiger partial charge in [0.2, 0.25) is 0 Å². The van der Waals surface area contributed by atoms with Gasteiger partial charge in [-0.3, -0.25) is 0 Å². The van der Waals surface area contributed by atoms with Crippen molar-refractivity contribution in [1.82, 2.24) is 0 Å². The summed E-state index contributed by atoms with van der Waals surface area (Å²) in [5.74, 6) is 1.17. The van der Waals surface area contributed by atoms with Gasteiger partial charge in [-0.05, 0) is 97.7 Å². The van der Waals surface area contributed by atoms with Crippen LogP contribution in [-0.4, -0.2) is 5.97 Å². The van der Waals surface area contributed by atoms with Crippen LogP contribution in [-0.2, 0) is 6.18 Å². The quantitative estimate of drug-likeness (QED) is 0.271. The maximum absolute atomic E-state index is 14.9.